The molecule has 1 heterocycles. The van der Waals surface area contributed by atoms with E-state index < -0.39 is 0 Å². The van der Waals surface area contributed by atoms with Gasteiger partial charge in [0, 0.05) is 31.4 Å². The summed E-state index contributed by atoms with van der Waals surface area (Å²) in [7, 11) is 0. The van der Waals surface area contributed by atoms with Crippen LogP contribution in [0.2, 0.25) is 0 Å². The fourth-order valence-corrected chi connectivity index (χ4v) is 2.58. The van der Waals surface area contributed by atoms with Gasteiger partial charge in [-0.3, -0.25) is 0 Å². The monoisotopic (exact) mass is 230 g/mol. The molecule has 1 aliphatic heterocycles. The second-order valence-electron chi connectivity index (χ2n) is 6.35. The van der Waals surface area contributed by atoms with Gasteiger partial charge < -0.3 is 10.2 Å². The van der Waals surface area contributed by atoms with Crippen LogP contribution in [0.15, 0.2) is 24.3 Å². The lowest BCUT2D eigenvalue weighted by Gasteiger charge is -2.47. The van der Waals surface area contributed by atoms with Gasteiger partial charge in [-0.1, -0.05) is 26.0 Å². The molecule has 1 saturated heterocycles. The highest BCUT2D eigenvalue weighted by Gasteiger charge is 2.34. The summed E-state index contributed by atoms with van der Waals surface area (Å²) >= 11 is 0. The third-order valence-corrected chi connectivity index (χ3v) is 3.69. The first-order chi connectivity index (χ1) is 8.12. The fraction of sp³-hybridized carbons (Fsp3) is 0.600. The van der Waals surface area contributed by atoms with E-state index in [9.17, 15) is 0 Å². The van der Waals surface area contributed by atoms with Crippen molar-refractivity contribution in [2.75, 3.05) is 18.0 Å². The van der Waals surface area contributed by atoms with Gasteiger partial charge in [-0.25, -0.2) is 0 Å². The summed E-state index contributed by atoms with van der Waals surface area (Å²) in [6.45, 7) is 8.07. The number of nitrogens with zero attached hydrogens (tertiary/aromatic N) is 1. The molecule has 0 radical (unpaired) electrons. The Balaban J connectivity index is 1.62. The molecule has 17 heavy (non-hydrogen) atoms. The standard InChI is InChI=1S/C15H22N2/c1-15(2)10-17(11-15)14-5-3-4-12(8-14)9-16-13-6-7-13/h3-5,8,13,16H,6-7,9-11H2,1-2H3. The van der Waals surface area contributed by atoms with E-state index in [0.717, 1.165) is 12.6 Å². The maximum absolute atomic E-state index is 3.57. The van der Waals surface area contributed by atoms with Crippen molar-refractivity contribution in [1.82, 2.24) is 5.32 Å². The van der Waals surface area contributed by atoms with Gasteiger partial charge in [0.25, 0.3) is 0 Å². The number of nitrogens with one attached hydrogen (secondary N) is 1. The smallest absolute Gasteiger partial charge is 0.0369 e. The third kappa shape index (κ3) is 2.63. The first-order valence-corrected chi connectivity index (χ1v) is 6.70. The van der Waals surface area contributed by atoms with Gasteiger partial charge in [-0.05, 0) is 36.0 Å². The van der Waals surface area contributed by atoms with Crippen LogP contribution in [0.3, 0.4) is 0 Å². The van der Waals surface area contributed by atoms with E-state index >= 15 is 0 Å². The Hall–Kier alpha value is -1.02. The molecule has 3 rings (SSSR count). The summed E-state index contributed by atoms with van der Waals surface area (Å²) in [5.41, 5.74) is 3.31. The molecule has 2 nitrogen and oxygen atoms in total. The van der Waals surface area contributed by atoms with E-state index in [1.165, 1.54) is 37.2 Å². The zero-order chi connectivity index (χ0) is 11.9. The van der Waals surface area contributed by atoms with Crippen molar-refractivity contribution >= 4 is 5.69 Å². The largest absolute Gasteiger partial charge is 0.370 e. The SMILES string of the molecule is CC1(C)CN(c2cccc(CNC3CC3)c2)C1. The Kier molecular flexibility index (Phi) is 2.62. The predicted octanol–water partition coefficient (Wildman–Crippen LogP) is 2.78. The molecular formula is C15H22N2. The molecule has 0 aromatic heterocycles. The first-order valence-electron chi connectivity index (χ1n) is 6.70. The Labute approximate surface area is 104 Å². The highest BCUT2D eigenvalue weighted by Crippen LogP contribution is 2.33. The Morgan fingerprint density at radius 2 is 2.06 bits per heavy atom. The van der Waals surface area contributed by atoms with Crippen molar-refractivity contribution in [3.63, 3.8) is 0 Å². The van der Waals surface area contributed by atoms with E-state index in [4.69, 9.17) is 0 Å². The van der Waals surface area contributed by atoms with Crippen LogP contribution < -0.4 is 10.2 Å². The van der Waals surface area contributed by atoms with Crippen molar-refractivity contribution in [3.05, 3.63) is 29.8 Å². The molecule has 2 heteroatoms. The van der Waals surface area contributed by atoms with E-state index in [0.29, 0.717) is 5.41 Å². The Morgan fingerprint density at radius 1 is 1.29 bits per heavy atom. The number of benzene rings is 1. The highest BCUT2D eigenvalue weighted by atomic mass is 15.2. The molecule has 0 spiro atoms. The fourth-order valence-electron chi connectivity index (χ4n) is 2.58. The Morgan fingerprint density at radius 3 is 2.71 bits per heavy atom. The van der Waals surface area contributed by atoms with Crippen LogP contribution in [0.4, 0.5) is 5.69 Å². The van der Waals surface area contributed by atoms with Gasteiger partial charge in [0.15, 0.2) is 0 Å². The summed E-state index contributed by atoms with van der Waals surface area (Å²) in [6.07, 6.45) is 2.72. The minimum absolute atomic E-state index is 0.502. The molecule has 0 unspecified atom stereocenters. The molecule has 0 atom stereocenters. The lowest BCUT2D eigenvalue weighted by atomic mass is 9.84. The molecular weight excluding hydrogens is 208 g/mol. The minimum Gasteiger partial charge on any atom is -0.370 e. The van der Waals surface area contributed by atoms with Crippen LogP contribution in [0, 0.1) is 5.41 Å². The summed E-state index contributed by atoms with van der Waals surface area (Å²) in [6, 6.07) is 9.77. The summed E-state index contributed by atoms with van der Waals surface area (Å²) < 4.78 is 0. The third-order valence-electron chi connectivity index (χ3n) is 3.69. The summed E-state index contributed by atoms with van der Waals surface area (Å²) in [5.74, 6) is 0. The van der Waals surface area contributed by atoms with Crippen molar-refractivity contribution < 1.29 is 0 Å². The van der Waals surface area contributed by atoms with Crippen LogP contribution in [-0.4, -0.2) is 19.1 Å². The van der Waals surface area contributed by atoms with Crippen molar-refractivity contribution in [1.29, 1.82) is 0 Å². The lowest BCUT2D eigenvalue weighted by molar-refractivity contribution is 0.276. The van der Waals surface area contributed by atoms with Gasteiger partial charge in [0.2, 0.25) is 0 Å². The number of rotatable bonds is 4. The summed E-state index contributed by atoms with van der Waals surface area (Å²) in [4.78, 5) is 2.47. The van der Waals surface area contributed by atoms with E-state index in [1.807, 2.05) is 0 Å². The van der Waals surface area contributed by atoms with Gasteiger partial charge >= 0.3 is 0 Å². The Bertz CT molecular complexity index is 399. The normalized spacial score (nSPS) is 22.4. The molecule has 1 aromatic carbocycles. The number of hydrogen-bond acceptors (Lipinski definition) is 2. The molecule has 2 fully saturated rings. The zero-order valence-electron chi connectivity index (χ0n) is 10.9. The predicted molar refractivity (Wildman–Crippen MR) is 72.3 cm³/mol. The number of anilines is 1. The molecule has 1 N–H and O–H groups in total. The van der Waals surface area contributed by atoms with Gasteiger partial charge in [0.1, 0.15) is 0 Å². The van der Waals surface area contributed by atoms with E-state index in [1.54, 1.807) is 0 Å². The van der Waals surface area contributed by atoms with Crippen LogP contribution >= 0.6 is 0 Å². The zero-order valence-corrected chi connectivity index (χ0v) is 10.9. The number of hydrogen-bond donors (Lipinski definition) is 1. The molecule has 2 aliphatic rings. The van der Waals surface area contributed by atoms with E-state index in [2.05, 4.69) is 48.3 Å². The quantitative estimate of drug-likeness (QED) is 0.855. The summed E-state index contributed by atoms with van der Waals surface area (Å²) in [5, 5.41) is 3.57. The average molecular weight is 230 g/mol. The van der Waals surface area contributed by atoms with Gasteiger partial charge in [0.05, 0.1) is 0 Å². The van der Waals surface area contributed by atoms with Crippen LogP contribution in [0.25, 0.3) is 0 Å². The molecule has 92 valence electrons. The molecule has 1 aromatic rings. The van der Waals surface area contributed by atoms with Crippen LogP contribution in [-0.2, 0) is 6.54 Å². The minimum atomic E-state index is 0.502. The van der Waals surface area contributed by atoms with Crippen LogP contribution in [0.1, 0.15) is 32.3 Å². The van der Waals surface area contributed by atoms with Gasteiger partial charge in [-0.15, -0.1) is 0 Å². The maximum atomic E-state index is 3.57. The van der Waals surface area contributed by atoms with Gasteiger partial charge in [-0.2, -0.15) is 0 Å². The molecule has 1 saturated carbocycles. The lowest BCUT2D eigenvalue weighted by Crippen LogP contribution is -2.53. The molecule has 0 amide bonds. The van der Waals surface area contributed by atoms with Crippen molar-refractivity contribution in [2.24, 2.45) is 5.41 Å². The molecule has 1 aliphatic carbocycles. The highest BCUT2D eigenvalue weighted by molar-refractivity contribution is 5.51. The maximum Gasteiger partial charge on any atom is 0.0369 e. The van der Waals surface area contributed by atoms with Crippen LogP contribution in [0.5, 0.6) is 0 Å². The van der Waals surface area contributed by atoms with Crippen molar-refractivity contribution in [2.45, 2.75) is 39.3 Å². The second kappa shape index (κ2) is 4.02. The average Bonchev–Trinajstić information content (AvgIpc) is 3.07. The van der Waals surface area contributed by atoms with E-state index in [-0.39, 0.29) is 0 Å². The molecule has 0 bridgehead atoms. The van der Waals surface area contributed by atoms with Crippen molar-refractivity contribution in [3.8, 4) is 0 Å². The first kappa shape index (κ1) is 11.1. The second-order valence-corrected chi connectivity index (χ2v) is 6.35. The topological polar surface area (TPSA) is 15.3 Å².